The van der Waals surface area contributed by atoms with Gasteiger partial charge in [-0.3, -0.25) is 14.9 Å². The van der Waals surface area contributed by atoms with Crippen LogP contribution < -0.4 is 25.3 Å². The number of hydrogen-bond acceptors (Lipinski definition) is 7. The Hall–Kier alpha value is -3.66. The first kappa shape index (κ1) is 23.0. The monoisotopic (exact) mass is 459 g/mol. The van der Waals surface area contributed by atoms with Crippen LogP contribution >= 0.6 is 11.3 Å². The Labute approximate surface area is 188 Å². The van der Waals surface area contributed by atoms with E-state index in [-0.39, 0.29) is 35.2 Å². The summed E-state index contributed by atoms with van der Waals surface area (Å²) in [5.41, 5.74) is 7.09. The number of nitrogens with one attached hydrogen (secondary N) is 1. The number of aromatic nitrogens is 1. The summed E-state index contributed by atoms with van der Waals surface area (Å²) in [7, 11) is 2.80. The third-order valence-corrected chi connectivity index (χ3v) is 5.55. The molecule has 0 radical (unpaired) electrons. The van der Waals surface area contributed by atoms with E-state index in [1.54, 1.807) is 12.1 Å². The van der Waals surface area contributed by atoms with Crippen LogP contribution in [0.4, 0.5) is 9.52 Å². The third-order valence-electron chi connectivity index (χ3n) is 4.47. The summed E-state index contributed by atoms with van der Waals surface area (Å²) < 4.78 is 29.0. The molecule has 2 aromatic carbocycles. The molecule has 0 unspecified atom stereocenters. The van der Waals surface area contributed by atoms with Crippen LogP contribution in [0, 0.1) is 12.7 Å². The van der Waals surface area contributed by atoms with Crippen LogP contribution in [-0.2, 0) is 11.2 Å². The van der Waals surface area contributed by atoms with Crippen molar-refractivity contribution >= 4 is 28.3 Å². The number of primary amides is 1. The van der Waals surface area contributed by atoms with Gasteiger partial charge in [0.25, 0.3) is 11.8 Å². The van der Waals surface area contributed by atoms with E-state index in [2.05, 4.69) is 10.3 Å². The van der Waals surface area contributed by atoms with Gasteiger partial charge in [-0.15, -0.1) is 11.3 Å². The van der Waals surface area contributed by atoms with E-state index in [1.165, 1.54) is 49.8 Å². The highest BCUT2D eigenvalue weighted by Gasteiger charge is 2.19. The molecule has 168 valence electrons. The van der Waals surface area contributed by atoms with Gasteiger partial charge in [0.2, 0.25) is 5.75 Å². The highest BCUT2D eigenvalue weighted by molar-refractivity contribution is 7.15. The van der Waals surface area contributed by atoms with Gasteiger partial charge in [-0.25, -0.2) is 9.37 Å². The first-order valence-corrected chi connectivity index (χ1v) is 10.3. The molecule has 0 saturated carbocycles. The molecule has 8 nitrogen and oxygen atoms in total. The van der Waals surface area contributed by atoms with E-state index in [9.17, 15) is 14.0 Å². The van der Waals surface area contributed by atoms with Crippen LogP contribution in [0.5, 0.6) is 17.2 Å². The summed E-state index contributed by atoms with van der Waals surface area (Å²) in [6, 6.07) is 9.18. The molecule has 10 heteroatoms. The van der Waals surface area contributed by atoms with Gasteiger partial charge in [-0.05, 0) is 36.8 Å². The highest BCUT2D eigenvalue weighted by Crippen LogP contribution is 2.39. The van der Waals surface area contributed by atoms with Crippen LogP contribution in [0.2, 0.25) is 0 Å². The minimum absolute atomic E-state index is 0.164. The molecule has 0 spiro atoms. The minimum atomic E-state index is -0.661. The van der Waals surface area contributed by atoms with Crippen LogP contribution in [0.15, 0.2) is 36.4 Å². The van der Waals surface area contributed by atoms with Crippen LogP contribution in [-0.4, -0.2) is 37.6 Å². The summed E-state index contributed by atoms with van der Waals surface area (Å²) in [4.78, 5) is 29.2. The number of hydrogen-bond donors (Lipinski definition) is 2. The number of carbonyl (C=O) groups is 2. The Morgan fingerprint density at radius 1 is 1.12 bits per heavy atom. The van der Waals surface area contributed by atoms with Crippen molar-refractivity contribution < 1.29 is 28.2 Å². The fourth-order valence-electron chi connectivity index (χ4n) is 2.90. The number of ether oxygens (including phenoxy) is 3. The van der Waals surface area contributed by atoms with E-state index < -0.39 is 11.8 Å². The molecule has 1 heterocycles. The molecule has 3 rings (SSSR count). The molecule has 2 amide bonds. The summed E-state index contributed by atoms with van der Waals surface area (Å²) in [6.07, 6.45) is 0.577. The van der Waals surface area contributed by atoms with Crippen molar-refractivity contribution in [3.8, 4) is 17.2 Å². The number of anilines is 1. The number of nitrogens with two attached hydrogens (primary N) is 1. The van der Waals surface area contributed by atoms with Crippen molar-refractivity contribution in [3.05, 3.63) is 63.9 Å². The first-order chi connectivity index (χ1) is 15.3. The number of benzene rings is 2. The average molecular weight is 459 g/mol. The molecule has 0 fully saturated rings. The maximum atomic E-state index is 13.1. The maximum Gasteiger partial charge on any atom is 0.257 e. The van der Waals surface area contributed by atoms with Crippen molar-refractivity contribution in [2.24, 2.45) is 5.73 Å². The number of nitrogens with zero attached hydrogens (tertiary/aromatic N) is 1. The fourth-order valence-corrected chi connectivity index (χ4v) is 3.89. The molecular weight excluding hydrogens is 437 g/mol. The zero-order valence-corrected chi connectivity index (χ0v) is 18.5. The Balaban J connectivity index is 1.79. The number of rotatable bonds is 9. The molecule has 3 aromatic rings. The Kier molecular flexibility index (Phi) is 7.26. The van der Waals surface area contributed by atoms with Crippen LogP contribution in [0.1, 0.15) is 26.5 Å². The number of aryl methyl sites for hydroxylation is 1. The average Bonchev–Trinajstić information content (AvgIpc) is 3.11. The smallest absolute Gasteiger partial charge is 0.257 e. The summed E-state index contributed by atoms with van der Waals surface area (Å²) in [5.74, 6) is -0.792. The Morgan fingerprint density at radius 2 is 1.75 bits per heavy atom. The number of halogens is 1. The van der Waals surface area contributed by atoms with Crippen LogP contribution in [0.25, 0.3) is 0 Å². The van der Waals surface area contributed by atoms with Gasteiger partial charge < -0.3 is 19.9 Å². The van der Waals surface area contributed by atoms with E-state index >= 15 is 0 Å². The second kappa shape index (κ2) is 10.1. The standard InChI is InChI=1S/C22H22FN3O5S/c1-12-18(8-13-4-6-15(23)7-5-13)32-22(25-12)26-21(28)14-9-16(29-2)20(17(10-14)30-3)31-11-19(24)27/h4-7,9-10H,8,11H2,1-3H3,(H2,24,27)(H,25,26,28). The second-order valence-corrected chi connectivity index (χ2v) is 7.83. The zero-order valence-electron chi connectivity index (χ0n) is 17.7. The van der Waals surface area contributed by atoms with E-state index in [0.29, 0.717) is 11.6 Å². The summed E-state index contributed by atoms with van der Waals surface area (Å²) >= 11 is 1.34. The number of amides is 2. The largest absolute Gasteiger partial charge is 0.493 e. The SMILES string of the molecule is COc1cc(C(=O)Nc2nc(C)c(Cc3ccc(F)cc3)s2)cc(OC)c1OCC(N)=O. The van der Waals surface area contributed by atoms with Crippen molar-refractivity contribution in [2.75, 3.05) is 26.1 Å². The molecule has 1 aromatic heterocycles. The van der Waals surface area contributed by atoms with E-state index in [1.807, 2.05) is 6.92 Å². The van der Waals surface area contributed by atoms with Gasteiger partial charge in [-0.1, -0.05) is 12.1 Å². The first-order valence-electron chi connectivity index (χ1n) is 9.50. The summed E-state index contributed by atoms with van der Waals surface area (Å²) in [6.45, 7) is 1.48. The molecule has 0 aliphatic rings. The maximum absolute atomic E-state index is 13.1. The van der Waals surface area contributed by atoms with Crippen molar-refractivity contribution in [2.45, 2.75) is 13.3 Å². The molecule has 3 N–H and O–H groups in total. The molecule has 0 bridgehead atoms. The van der Waals surface area contributed by atoms with Gasteiger partial charge in [0.05, 0.1) is 19.9 Å². The Bertz CT molecular complexity index is 1110. The molecule has 32 heavy (non-hydrogen) atoms. The number of carbonyl (C=O) groups excluding carboxylic acids is 2. The van der Waals surface area contributed by atoms with E-state index in [0.717, 1.165) is 16.1 Å². The molecular formula is C22H22FN3O5S. The molecule has 0 aliphatic carbocycles. The van der Waals surface area contributed by atoms with Crippen molar-refractivity contribution in [1.82, 2.24) is 4.98 Å². The molecule has 0 atom stereocenters. The minimum Gasteiger partial charge on any atom is -0.493 e. The highest BCUT2D eigenvalue weighted by atomic mass is 32.1. The zero-order chi connectivity index (χ0) is 23.3. The van der Waals surface area contributed by atoms with Crippen molar-refractivity contribution in [3.63, 3.8) is 0 Å². The molecule has 0 aliphatic heterocycles. The van der Waals surface area contributed by atoms with Crippen LogP contribution in [0.3, 0.4) is 0 Å². The van der Waals surface area contributed by atoms with Gasteiger partial charge in [-0.2, -0.15) is 0 Å². The second-order valence-electron chi connectivity index (χ2n) is 6.75. The van der Waals surface area contributed by atoms with Gasteiger partial charge >= 0.3 is 0 Å². The fraction of sp³-hybridized carbons (Fsp3) is 0.227. The third kappa shape index (κ3) is 5.52. The lowest BCUT2D eigenvalue weighted by atomic mass is 10.1. The lowest BCUT2D eigenvalue weighted by Gasteiger charge is -2.15. The van der Waals surface area contributed by atoms with Gasteiger partial charge in [0.15, 0.2) is 23.2 Å². The lowest BCUT2D eigenvalue weighted by molar-refractivity contribution is -0.120. The quantitative estimate of drug-likeness (QED) is 0.508. The number of thiazole rings is 1. The topological polar surface area (TPSA) is 113 Å². The van der Waals surface area contributed by atoms with E-state index in [4.69, 9.17) is 19.9 Å². The summed E-state index contributed by atoms with van der Waals surface area (Å²) in [5, 5.41) is 3.20. The lowest BCUT2D eigenvalue weighted by Crippen LogP contribution is -2.20. The van der Waals surface area contributed by atoms with Crippen molar-refractivity contribution in [1.29, 1.82) is 0 Å². The molecule has 0 saturated heterocycles. The number of methoxy groups -OCH3 is 2. The Morgan fingerprint density at radius 3 is 2.31 bits per heavy atom. The predicted octanol–water partition coefficient (Wildman–Crippen LogP) is 3.32. The predicted molar refractivity (Wildman–Crippen MR) is 118 cm³/mol. The normalized spacial score (nSPS) is 10.5. The van der Waals surface area contributed by atoms with Gasteiger partial charge in [0, 0.05) is 16.9 Å². The van der Waals surface area contributed by atoms with Gasteiger partial charge in [0.1, 0.15) is 5.82 Å².